The third-order valence-corrected chi connectivity index (χ3v) is 5.03. The molecule has 0 spiro atoms. The summed E-state index contributed by atoms with van der Waals surface area (Å²) in [7, 11) is 1.68. The summed E-state index contributed by atoms with van der Waals surface area (Å²) >= 11 is 1.92. The Labute approximate surface area is 131 Å². The third kappa shape index (κ3) is 4.46. The molecule has 2 rings (SSSR count). The van der Waals surface area contributed by atoms with Gasteiger partial charge >= 0.3 is 0 Å². The number of nitrogens with two attached hydrogens (primary N) is 1. The minimum atomic E-state index is 0.181. The molecule has 0 saturated carbocycles. The fourth-order valence-electron chi connectivity index (χ4n) is 2.66. The largest absolute Gasteiger partial charge is 0.383 e. The highest BCUT2D eigenvalue weighted by molar-refractivity contribution is 7.99. The van der Waals surface area contributed by atoms with Crippen LogP contribution in [0.4, 0.5) is 0 Å². The van der Waals surface area contributed by atoms with Crippen molar-refractivity contribution >= 4 is 17.7 Å². The number of amides is 1. The average Bonchev–Trinajstić information content (AvgIpc) is 3.02. The molecule has 5 heteroatoms. The molecule has 1 amide bonds. The molecule has 1 aromatic rings. The molecule has 0 bridgehead atoms. The Morgan fingerprint density at radius 2 is 2.19 bits per heavy atom. The SMILES string of the molecule is COCCN(C(=O)Cc1ccccc1CN)C1CCSC1. The quantitative estimate of drug-likeness (QED) is 0.832. The number of ether oxygens (including phenoxy) is 1. The molecular weight excluding hydrogens is 284 g/mol. The number of carbonyl (C=O) groups is 1. The molecule has 1 aliphatic rings. The van der Waals surface area contributed by atoms with Crippen LogP contribution in [0.15, 0.2) is 24.3 Å². The summed E-state index contributed by atoms with van der Waals surface area (Å²) < 4.78 is 5.16. The second-order valence-corrected chi connectivity index (χ2v) is 6.40. The van der Waals surface area contributed by atoms with Gasteiger partial charge in [-0.25, -0.2) is 0 Å². The van der Waals surface area contributed by atoms with E-state index < -0.39 is 0 Å². The number of nitrogens with zero attached hydrogens (tertiary/aromatic N) is 1. The van der Waals surface area contributed by atoms with Crippen molar-refractivity contribution in [2.45, 2.75) is 25.4 Å². The maximum atomic E-state index is 12.7. The number of methoxy groups -OCH3 is 1. The van der Waals surface area contributed by atoms with Crippen LogP contribution in [-0.4, -0.2) is 48.6 Å². The molecule has 1 fully saturated rings. The van der Waals surface area contributed by atoms with E-state index in [1.807, 2.05) is 40.9 Å². The van der Waals surface area contributed by atoms with Crippen LogP contribution in [0.5, 0.6) is 0 Å². The van der Waals surface area contributed by atoms with Crippen molar-refractivity contribution in [3.05, 3.63) is 35.4 Å². The van der Waals surface area contributed by atoms with Gasteiger partial charge in [0, 0.05) is 32.0 Å². The lowest BCUT2D eigenvalue weighted by molar-refractivity contribution is -0.133. The number of thioether (sulfide) groups is 1. The van der Waals surface area contributed by atoms with Crippen molar-refractivity contribution in [3.63, 3.8) is 0 Å². The van der Waals surface area contributed by atoms with Gasteiger partial charge in [0.05, 0.1) is 13.0 Å². The molecule has 4 nitrogen and oxygen atoms in total. The second-order valence-electron chi connectivity index (χ2n) is 5.25. The Morgan fingerprint density at radius 3 is 2.81 bits per heavy atom. The second kappa shape index (κ2) is 8.41. The molecule has 1 saturated heterocycles. The van der Waals surface area contributed by atoms with Gasteiger partial charge in [-0.3, -0.25) is 4.79 Å². The van der Waals surface area contributed by atoms with Crippen LogP contribution in [0.25, 0.3) is 0 Å². The Kier molecular flexibility index (Phi) is 6.54. The monoisotopic (exact) mass is 308 g/mol. The van der Waals surface area contributed by atoms with Crippen LogP contribution >= 0.6 is 11.8 Å². The smallest absolute Gasteiger partial charge is 0.227 e. The molecule has 0 aromatic heterocycles. The molecule has 21 heavy (non-hydrogen) atoms. The number of benzene rings is 1. The zero-order valence-electron chi connectivity index (χ0n) is 12.6. The summed E-state index contributed by atoms with van der Waals surface area (Å²) in [5.41, 5.74) is 7.85. The van der Waals surface area contributed by atoms with Crippen LogP contribution < -0.4 is 5.73 Å². The molecule has 116 valence electrons. The van der Waals surface area contributed by atoms with Gasteiger partial charge in [-0.2, -0.15) is 11.8 Å². The fraction of sp³-hybridized carbons (Fsp3) is 0.562. The zero-order chi connectivity index (χ0) is 15.1. The van der Waals surface area contributed by atoms with Crippen LogP contribution in [0, 0.1) is 0 Å². The van der Waals surface area contributed by atoms with Gasteiger partial charge in [-0.1, -0.05) is 24.3 Å². The summed E-state index contributed by atoms with van der Waals surface area (Å²) in [6, 6.07) is 8.27. The van der Waals surface area contributed by atoms with E-state index in [2.05, 4.69) is 0 Å². The number of hydrogen-bond acceptors (Lipinski definition) is 4. The number of rotatable bonds is 7. The Bertz CT molecular complexity index is 461. The minimum absolute atomic E-state index is 0.181. The highest BCUT2D eigenvalue weighted by Crippen LogP contribution is 2.23. The molecule has 1 aliphatic heterocycles. The van der Waals surface area contributed by atoms with E-state index in [1.54, 1.807) is 7.11 Å². The van der Waals surface area contributed by atoms with E-state index in [0.717, 1.165) is 29.1 Å². The van der Waals surface area contributed by atoms with Gasteiger partial charge in [-0.15, -0.1) is 0 Å². The lowest BCUT2D eigenvalue weighted by Crippen LogP contribution is -2.43. The standard InChI is InChI=1S/C16H24N2O2S/c1-20-8-7-18(15-6-9-21-12-15)16(19)10-13-4-2-3-5-14(13)11-17/h2-5,15H,6-12,17H2,1H3. The van der Waals surface area contributed by atoms with E-state index >= 15 is 0 Å². The summed E-state index contributed by atoms with van der Waals surface area (Å²) in [6.07, 6.45) is 1.51. The Balaban J connectivity index is 2.06. The zero-order valence-corrected chi connectivity index (χ0v) is 13.4. The van der Waals surface area contributed by atoms with Gasteiger partial charge in [-0.05, 0) is 23.3 Å². The van der Waals surface area contributed by atoms with Gasteiger partial charge in [0.25, 0.3) is 0 Å². The number of carbonyl (C=O) groups excluding carboxylic acids is 1. The molecule has 1 aromatic carbocycles. The Morgan fingerprint density at radius 1 is 1.43 bits per heavy atom. The number of hydrogen-bond donors (Lipinski definition) is 1. The molecule has 0 radical (unpaired) electrons. The van der Waals surface area contributed by atoms with Gasteiger partial charge in [0.15, 0.2) is 0 Å². The van der Waals surface area contributed by atoms with E-state index in [-0.39, 0.29) is 5.91 Å². The normalized spacial score (nSPS) is 17.9. The molecule has 1 unspecified atom stereocenters. The first-order chi connectivity index (χ1) is 10.3. The van der Waals surface area contributed by atoms with Crippen LogP contribution in [-0.2, 0) is 22.5 Å². The van der Waals surface area contributed by atoms with Crippen molar-refractivity contribution in [1.82, 2.24) is 4.90 Å². The highest BCUT2D eigenvalue weighted by Gasteiger charge is 2.26. The topological polar surface area (TPSA) is 55.6 Å². The first-order valence-corrected chi connectivity index (χ1v) is 8.54. The van der Waals surface area contributed by atoms with E-state index in [0.29, 0.717) is 32.2 Å². The molecule has 2 N–H and O–H groups in total. The maximum absolute atomic E-state index is 12.7. The highest BCUT2D eigenvalue weighted by atomic mass is 32.2. The van der Waals surface area contributed by atoms with E-state index in [4.69, 9.17) is 10.5 Å². The lowest BCUT2D eigenvalue weighted by atomic mass is 10.0. The first-order valence-electron chi connectivity index (χ1n) is 7.39. The predicted octanol–water partition coefficient (Wildman–Crippen LogP) is 1.67. The minimum Gasteiger partial charge on any atom is -0.383 e. The van der Waals surface area contributed by atoms with Gasteiger partial charge in [0.2, 0.25) is 5.91 Å². The van der Waals surface area contributed by atoms with Crippen molar-refractivity contribution in [1.29, 1.82) is 0 Å². The van der Waals surface area contributed by atoms with Gasteiger partial charge in [0.1, 0.15) is 0 Å². The summed E-state index contributed by atoms with van der Waals surface area (Å²) in [4.78, 5) is 14.7. The average molecular weight is 308 g/mol. The maximum Gasteiger partial charge on any atom is 0.227 e. The lowest BCUT2D eigenvalue weighted by Gasteiger charge is -2.28. The summed E-state index contributed by atoms with van der Waals surface area (Å²) in [6.45, 7) is 1.73. The van der Waals surface area contributed by atoms with Crippen molar-refractivity contribution in [2.75, 3.05) is 31.8 Å². The third-order valence-electron chi connectivity index (χ3n) is 3.88. The first kappa shape index (κ1) is 16.3. The van der Waals surface area contributed by atoms with Crippen LogP contribution in [0.2, 0.25) is 0 Å². The predicted molar refractivity (Wildman–Crippen MR) is 87.4 cm³/mol. The van der Waals surface area contributed by atoms with Crippen molar-refractivity contribution in [2.24, 2.45) is 5.73 Å². The van der Waals surface area contributed by atoms with Crippen LogP contribution in [0.3, 0.4) is 0 Å². The van der Waals surface area contributed by atoms with E-state index in [1.165, 1.54) is 0 Å². The Hall–Kier alpha value is -1.04. The molecule has 1 atom stereocenters. The summed E-state index contributed by atoms with van der Waals surface area (Å²) in [5, 5.41) is 0. The summed E-state index contributed by atoms with van der Waals surface area (Å²) in [5.74, 6) is 2.36. The molecule has 1 heterocycles. The molecular formula is C16H24N2O2S. The van der Waals surface area contributed by atoms with Gasteiger partial charge < -0.3 is 15.4 Å². The fourth-order valence-corrected chi connectivity index (χ4v) is 3.89. The van der Waals surface area contributed by atoms with Crippen molar-refractivity contribution < 1.29 is 9.53 Å². The molecule has 0 aliphatic carbocycles. The van der Waals surface area contributed by atoms with Crippen molar-refractivity contribution in [3.8, 4) is 0 Å². The van der Waals surface area contributed by atoms with E-state index in [9.17, 15) is 4.79 Å². The van der Waals surface area contributed by atoms with Crippen LogP contribution in [0.1, 0.15) is 17.5 Å².